The molecule has 0 aliphatic heterocycles. The highest BCUT2D eigenvalue weighted by molar-refractivity contribution is 5.71. The molecule has 0 radical (unpaired) electrons. The minimum atomic E-state index is -0.0241. The van der Waals surface area contributed by atoms with Gasteiger partial charge in [-0.1, -0.05) is 33.6 Å². The van der Waals surface area contributed by atoms with Gasteiger partial charge in [0, 0.05) is 5.54 Å². The van der Waals surface area contributed by atoms with E-state index >= 15 is 0 Å². The van der Waals surface area contributed by atoms with Crippen LogP contribution < -0.4 is 0 Å². The van der Waals surface area contributed by atoms with Crippen LogP contribution in [0.3, 0.4) is 0 Å². The summed E-state index contributed by atoms with van der Waals surface area (Å²) in [5.74, 6) is 0.767. The second kappa shape index (κ2) is 7.88. The summed E-state index contributed by atoms with van der Waals surface area (Å²) < 4.78 is 5.21. The Bertz CT molecular complexity index is 276. The Kier molecular flexibility index (Phi) is 6.84. The maximum Gasteiger partial charge on any atom is 0.307 e. The number of ether oxygens (including phenoxy) is 1. The van der Waals surface area contributed by atoms with Crippen molar-refractivity contribution in [1.82, 2.24) is 4.90 Å². The maximum atomic E-state index is 12.0. The Morgan fingerprint density at radius 2 is 1.89 bits per heavy atom. The fraction of sp³-hybridized carbons (Fsp3) is 0.938. The van der Waals surface area contributed by atoms with Crippen LogP contribution in [-0.2, 0) is 9.53 Å². The van der Waals surface area contributed by atoms with E-state index in [4.69, 9.17) is 4.74 Å². The summed E-state index contributed by atoms with van der Waals surface area (Å²) in [5.41, 5.74) is 0.0422. The number of nitrogens with zero attached hydrogens (tertiary/aromatic N) is 1. The molecule has 0 saturated heterocycles. The van der Waals surface area contributed by atoms with E-state index in [1.54, 1.807) is 0 Å². The summed E-state index contributed by atoms with van der Waals surface area (Å²) in [6, 6.07) is 0. The van der Waals surface area contributed by atoms with E-state index in [0.29, 0.717) is 13.0 Å². The highest BCUT2D eigenvalue weighted by Crippen LogP contribution is 2.37. The van der Waals surface area contributed by atoms with Gasteiger partial charge in [-0.3, -0.25) is 9.69 Å². The minimum absolute atomic E-state index is 0.0241. The molecule has 1 fully saturated rings. The molecule has 3 heteroatoms. The number of hydrogen-bond donors (Lipinski definition) is 0. The van der Waals surface area contributed by atoms with Crippen LogP contribution in [0.5, 0.6) is 0 Å². The van der Waals surface area contributed by atoms with E-state index < -0.39 is 0 Å². The second-order valence-electron chi connectivity index (χ2n) is 5.91. The summed E-state index contributed by atoms with van der Waals surface area (Å²) in [7, 11) is 0. The molecule has 1 rings (SSSR count). The molecular weight excluding hydrogens is 238 g/mol. The molecule has 0 aromatic carbocycles. The normalized spacial score (nSPS) is 28.2. The molecule has 0 bridgehead atoms. The van der Waals surface area contributed by atoms with Gasteiger partial charge in [0.05, 0.1) is 13.0 Å². The van der Waals surface area contributed by atoms with Gasteiger partial charge in [0.1, 0.15) is 0 Å². The third kappa shape index (κ3) is 4.48. The van der Waals surface area contributed by atoms with Crippen LogP contribution in [0.2, 0.25) is 0 Å². The van der Waals surface area contributed by atoms with Gasteiger partial charge in [0.2, 0.25) is 0 Å². The van der Waals surface area contributed by atoms with Crippen molar-refractivity contribution in [2.75, 3.05) is 19.7 Å². The zero-order valence-electron chi connectivity index (χ0n) is 13.2. The first-order valence-corrected chi connectivity index (χ1v) is 7.98. The van der Waals surface area contributed by atoms with Crippen LogP contribution >= 0.6 is 0 Å². The molecule has 2 atom stereocenters. The number of rotatable bonds is 6. The summed E-state index contributed by atoms with van der Waals surface area (Å²) in [4.78, 5) is 14.5. The fourth-order valence-electron chi connectivity index (χ4n) is 3.54. The highest BCUT2D eigenvalue weighted by Gasteiger charge is 2.38. The monoisotopic (exact) mass is 269 g/mol. The first-order chi connectivity index (χ1) is 9.07. The molecular formula is C16H31NO2. The van der Waals surface area contributed by atoms with Gasteiger partial charge < -0.3 is 4.74 Å². The molecule has 112 valence electrons. The van der Waals surface area contributed by atoms with E-state index in [9.17, 15) is 4.79 Å². The van der Waals surface area contributed by atoms with Crippen LogP contribution in [0.4, 0.5) is 0 Å². The fourth-order valence-corrected chi connectivity index (χ4v) is 3.54. The van der Waals surface area contributed by atoms with E-state index in [-0.39, 0.29) is 11.5 Å². The predicted octanol–water partition coefficient (Wildman–Crippen LogP) is 3.62. The van der Waals surface area contributed by atoms with E-state index in [0.717, 1.165) is 31.8 Å². The molecule has 0 amide bonds. The molecule has 0 aromatic heterocycles. The average molecular weight is 269 g/mol. The van der Waals surface area contributed by atoms with Gasteiger partial charge in [-0.05, 0) is 45.2 Å². The van der Waals surface area contributed by atoms with Gasteiger partial charge in [-0.25, -0.2) is 0 Å². The maximum absolute atomic E-state index is 12.0. The van der Waals surface area contributed by atoms with Crippen molar-refractivity contribution >= 4 is 5.97 Å². The Balaban J connectivity index is 2.85. The Morgan fingerprint density at radius 3 is 2.47 bits per heavy atom. The lowest BCUT2D eigenvalue weighted by molar-refractivity contribution is -0.147. The lowest BCUT2D eigenvalue weighted by Gasteiger charge is -2.42. The van der Waals surface area contributed by atoms with Gasteiger partial charge in [-0.15, -0.1) is 0 Å². The zero-order chi connectivity index (χ0) is 14.3. The molecule has 0 aromatic rings. The summed E-state index contributed by atoms with van der Waals surface area (Å²) in [6.07, 6.45) is 6.60. The largest absolute Gasteiger partial charge is 0.466 e. The van der Waals surface area contributed by atoms with Crippen LogP contribution in [0.15, 0.2) is 0 Å². The van der Waals surface area contributed by atoms with E-state index in [2.05, 4.69) is 25.7 Å². The molecule has 3 nitrogen and oxygen atoms in total. The van der Waals surface area contributed by atoms with E-state index in [1.807, 2.05) is 6.92 Å². The molecule has 19 heavy (non-hydrogen) atoms. The predicted molar refractivity (Wildman–Crippen MR) is 79.2 cm³/mol. The van der Waals surface area contributed by atoms with Crippen molar-refractivity contribution in [2.24, 2.45) is 5.92 Å². The van der Waals surface area contributed by atoms with Crippen molar-refractivity contribution in [3.63, 3.8) is 0 Å². The zero-order valence-corrected chi connectivity index (χ0v) is 13.2. The van der Waals surface area contributed by atoms with Crippen LogP contribution in [0, 0.1) is 5.92 Å². The van der Waals surface area contributed by atoms with Crippen molar-refractivity contribution in [3.8, 4) is 0 Å². The van der Waals surface area contributed by atoms with Crippen molar-refractivity contribution in [1.29, 1.82) is 0 Å². The Labute approximate surface area is 118 Å². The Hall–Kier alpha value is -0.570. The van der Waals surface area contributed by atoms with Gasteiger partial charge in [-0.2, -0.15) is 0 Å². The van der Waals surface area contributed by atoms with Crippen molar-refractivity contribution < 1.29 is 9.53 Å². The third-order valence-corrected chi connectivity index (χ3v) is 4.65. The van der Waals surface area contributed by atoms with Gasteiger partial charge >= 0.3 is 5.97 Å². The topological polar surface area (TPSA) is 29.5 Å². The Morgan fingerprint density at radius 1 is 1.21 bits per heavy atom. The SMILES string of the molecule is CCOC(=O)CC1(N(CC)CC)CCCC(C)CC1. The molecule has 1 saturated carbocycles. The summed E-state index contributed by atoms with van der Waals surface area (Å²) in [5, 5.41) is 0. The molecule has 0 N–H and O–H groups in total. The van der Waals surface area contributed by atoms with Gasteiger partial charge in [0.25, 0.3) is 0 Å². The first kappa shape index (κ1) is 16.5. The van der Waals surface area contributed by atoms with Crippen LogP contribution in [0.25, 0.3) is 0 Å². The molecule has 0 spiro atoms. The summed E-state index contributed by atoms with van der Waals surface area (Å²) >= 11 is 0. The number of esters is 1. The smallest absolute Gasteiger partial charge is 0.307 e. The van der Waals surface area contributed by atoms with Gasteiger partial charge in [0.15, 0.2) is 0 Å². The highest BCUT2D eigenvalue weighted by atomic mass is 16.5. The minimum Gasteiger partial charge on any atom is -0.466 e. The third-order valence-electron chi connectivity index (χ3n) is 4.65. The van der Waals surface area contributed by atoms with Crippen LogP contribution in [0.1, 0.15) is 66.2 Å². The number of carbonyl (C=O) groups is 1. The standard InChI is InChI=1S/C16H31NO2/c1-5-17(6-2)16(13-15(18)19-7-3)11-8-9-14(4)10-12-16/h14H,5-13H2,1-4H3. The quantitative estimate of drug-likeness (QED) is 0.545. The summed E-state index contributed by atoms with van der Waals surface area (Å²) in [6.45, 7) is 11.1. The molecule has 2 unspecified atom stereocenters. The molecule has 1 aliphatic rings. The average Bonchev–Trinajstić information content (AvgIpc) is 2.54. The lowest BCUT2D eigenvalue weighted by Crippen LogP contribution is -2.50. The van der Waals surface area contributed by atoms with E-state index in [1.165, 1.54) is 19.3 Å². The molecule has 0 heterocycles. The number of hydrogen-bond acceptors (Lipinski definition) is 3. The van der Waals surface area contributed by atoms with Crippen molar-refractivity contribution in [2.45, 2.75) is 71.8 Å². The van der Waals surface area contributed by atoms with Crippen LogP contribution in [-0.4, -0.2) is 36.1 Å². The number of carbonyl (C=O) groups excluding carboxylic acids is 1. The second-order valence-corrected chi connectivity index (χ2v) is 5.91. The van der Waals surface area contributed by atoms with Crippen molar-refractivity contribution in [3.05, 3.63) is 0 Å². The lowest BCUT2D eigenvalue weighted by atomic mass is 9.84. The molecule has 1 aliphatic carbocycles. The first-order valence-electron chi connectivity index (χ1n) is 7.98.